The van der Waals surface area contributed by atoms with Crippen LogP contribution in [0, 0.1) is 0 Å². The summed E-state index contributed by atoms with van der Waals surface area (Å²) in [5.74, 6) is -0.462. The Balaban J connectivity index is 1.42. The first-order valence-electron chi connectivity index (χ1n) is 11.5. The Morgan fingerprint density at radius 3 is 2.24 bits per heavy atom. The summed E-state index contributed by atoms with van der Waals surface area (Å²) in [6.45, 7) is 1.37. The molecule has 0 aliphatic carbocycles. The van der Waals surface area contributed by atoms with Gasteiger partial charge in [-0.1, -0.05) is 36.4 Å². The van der Waals surface area contributed by atoms with Gasteiger partial charge in [0.1, 0.15) is 0 Å². The monoisotopic (exact) mass is 541 g/mol. The molecular formula is C26H27N3O6S2. The highest BCUT2D eigenvalue weighted by molar-refractivity contribution is 7.92. The number of carbonyl (C=O) groups excluding carboxylic acids is 1. The second kappa shape index (κ2) is 11.3. The quantitative estimate of drug-likeness (QED) is 0.439. The topological polar surface area (TPSA) is 113 Å². The average molecular weight is 542 g/mol. The smallest absolute Gasteiger partial charge is 0.264 e. The molecule has 11 heteroatoms. The van der Waals surface area contributed by atoms with Gasteiger partial charge in [0.25, 0.3) is 10.0 Å². The zero-order valence-corrected chi connectivity index (χ0v) is 21.8. The van der Waals surface area contributed by atoms with Gasteiger partial charge in [-0.2, -0.15) is 4.31 Å². The van der Waals surface area contributed by atoms with Crippen LogP contribution in [0.5, 0.6) is 0 Å². The maximum atomic E-state index is 13.0. The number of sulfonamides is 2. The van der Waals surface area contributed by atoms with Gasteiger partial charge in [0, 0.05) is 31.9 Å². The number of hydrogen-bond acceptors (Lipinski definition) is 6. The van der Waals surface area contributed by atoms with Gasteiger partial charge in [0.15, 0.2) is 0 Å². The van der Waals surface area contributed by atoms with E-state index in [1.54, 1.807) is 60.7 Å². The van der Waals surface area contributed by atoms with Gasteiger partial charge in [0.05, 0.1) is 28.7 Å². The van der Waals surface area contributed by atoms with Crippen LogP contribution in [0.2, 0.25) is 0 Å². The number of para-hydroxylation sites is 1. The number of hydrogen-bond donors (Lipinski definition) is 1. The van der Waals surface area contributed by atoms with Crippen molar-refractivity contribution in [2.24, 2.45) is 0 Å². The Morgan fingerprint density at radius 2 is 1.57 bits per heavy atom. The van der Waals surface area contributed by atoms with Crippen LogP contribution in [-0.4, -0.2) is 60.4 Å². The molecule has 194 valence electrons. The lowest BCUT2D eigenvalue weighted by Crippen LogP contribution is -2.40. The number of morpholine rings is 1. The lowest BCUT2D eigenvalue weighted by Gasteiger charge is -2.26. The zero-order valence-electron chi connectivity index (χ0n) is 20.1. The van der Waals surface area contributed by atoms with Gasteiger partial charge in [0.2, 0.25) is 15.9 Å². The molecule has 0 unspecified atom stereocenters. The van der Waals surface area contributed by atoms with Crippen molar-refractivity contribution in [1.82, 2.24) is 4.31 Å². The third kappa shape index (κ3) is 6.25. The summed E-state index contributed by atoms with van der Waals surface area (Å²) in [5.41, 5.74) is 1.48. The molecule has 0 spiro atoms. The molecule has 1 saturated heterocycles. The number of benzene rings is 3. The van der Waals surface area contributed by atoms with Crippen molar-refractivity contribution in [1.29, 1.82) is 0 Å². The normalized spacial score (nSPS) is 14.9. The molecule has 1 aliphatic rings. The van der Waals surface area contributed by atoms with Crippen LogP contribution in [0.3, 0.4) is 0 Å². The van der Waals surface area contributed by atoms with E-state index in [-0.39, 0.29) is 9.79 Å². The fraction of sp³-hybridized carbons (Fsp3) is 0.192. The van der Waals surface area contributed by atoms with E-state index in [2.05, 4.69) is 5.32 Å². The van der Waals surface area contributed by atoms with Crippen LogP contribution in [0.1, 0.15) is 5.56 Å². The second-order valence-electron chi connectivity index (χ2n) is 8.24. The molecule has 3 aromatic rings. The summed E-state index contributed by atoms with van der Waals surface area (Å²) in [4.78, 5) is 12.7. The molecule has 1 N–H and O–H groups in total. The van der Waals surface area contributed by atoms with Gasteiger partial charge in [-0.15, -0.1) is 0 Å². The third-order valence-corrected chi connectivity index (χ3v) is 9.49. The number of amides is 1. The Labute approximate surface area is 217 Å². The molecule has 9 nitrogen and oxygen atoms in total. The number of carbonyl (C=O) groups is 1. The van der Waals surface area contributed by atoms with Crippen LogP contribution in [0.4, 0.5) is 11.4 Å². The highest BCUT2D eigenvalue weighted by atomic mass is 32.2. The lowest BCUT2D eigenvalue weighted by molar-refractivity contribution is -0.111. The molecule has 1 amide bonds. The number of nitrogens with one attached hydrogen (secondary N) is 1. The molecule has 0 saturated carbocycles. The maximum Gasteiger partial charge on any atom is 0.264 e. The Hall–Kier alpha value is -3.51. The molecule has 0 bridgehead atoms. The van der Waals surface area contributed by atoms with Gasteiger partial charge in [-0.25, -0.2) is 16.8 Å². The summed E-state index contributed by atoms with van der Waals surface area (Å²) in [7, 11) is -5.95. The number of nitrogens with zero attached hydrogens (tertiary/aromatic N) is 2. The highest BCUT2D eigenvalue weighted by Crippen LogP contribution is 2.24. The summed E-state index contributed by atoms with van der Waals surface area (Å²) in [5, 5.41) is 2.66. The van der Waals surface area contributed by atoms with E-state index in [1.165, 1.54) is 46.0 Å². The van der Waals surface area contributed by atoms with E-state index >= 15 is 0 Å². The highest BCUT2D eigenvalue weighted by Gasteiger charge is 2.26. The lowest BCUT2D eigenvalue weighted by atomic mass is 10.2. The molecule has 0 aromatic heterocycles. The van der Waals surface area contributed by atoms with E-state index < -0.39 is 26.0 Å². The first kappa shape index (κ1) is 26.6. The van der Waals surface area contributed by atoms with Crippen molar-refractivity contribution >= 4 is 43.4 Å². The van der Waals surface area contributed by atoms with Crippen molar-refractivity contribution in [2.75, 3.05) is 43.0 Å². The van der Waals surface area contributed by atoms with Crippen LogP contribution in [0.25, 0.3) is 6.08 Å². The minimum Gasteiger partial charge on any atom is -0.379 e. The fourth-order valence-corrected chi connectivity index (χ4v) is 6.36. The van der Waals surface area contributed by atoms with E-state index in [1.807, 2.05) is 0 Å². The van der Waals surface area contributed by atoms with Gasteiger partial charge in [-0.05, 0) is 54.1 Å². The SMILES string of the molecule is CN(c1ccccc1)S(=O)(=O)c1cccc(NC(=O)C=Cc2ccc(S(=O)(=O)N3CCOCC3)cc2)c1. The molecule has 1 heterocycles. The van der Waals surface area contributed by atoms with Gasteiger partial charge in [-0.3, -0.25) is 9.10 Å². The zero-order chi connectivity index (χ0) is 26.5. The first-order valence-corrected chi connectivity index (χ1v) is 14.4. The van der Waals surface area contributed by atoms with E-state index in [9.17, 15) is 21.6 Å². The fourth-order valence-electron chi connectivity index (χ4n) is 3.71. The van der Waals surface area contributed by atoms with E-state index in [0.29, 0.717) is 43.2 Å². The average Bonchev–Trinajstić information content (AvgIpc) is 2.93. The Morgan fingerprint density at radius 1 is 0.892 bits per heavy atom. The van der Waals surface area contributed by atoms with Crippen molar-refractivity contribution < 1.29 is 26.4 Å². The minimum atomic E-state index is -3.83. The summed E-state index contributed by atoms with van der Waals surface area (Å²) in [6, 6.07) is 20.9. The maximum absolute atomic E-state index is 13.0. The van der Waals surface area contributed by atoms with Crippen LogP contribution >= 0.6 is 0 Å². The molecular weight excluding hydrogens is 514 g/mol. The summed E-state index contributed by atoms with van der Waals surface area (Å²) >= 11 is 0. The number of ether oxygens (including phenoxy) is 1. The molecule has 37 heavy (non-hydrogen) atoms. The number of anilines is 2. The third-order valence-electron chi connectivity index (χ3n) is 5.79. The van der Waals surface area contributed by atoms with Crippen molar-refractivity contribution in [3.63, 3.8) is 0 Å². The molecule has 1 aliphatic heterocycles. The predicted octanol–water partition coefficient (Wildman–Crippen LogP) is 3.18. The number of rotatable bonds is 8. The van der Waals surface area contributed by atoms with Crippen LogP contribution < -0.4 is 9.62 Å². The second-order valence-corrected chi connectivity index (χ2v) is 12.2. The van der Waals surface area contributed by atoms with Gasteiger partial charge >= 0.3 is 0 Å². The predicted molar refractivity (Wildman–Crippen MR) is 142 cm³/mol. The van der Waals surface area contributed by atoms with Crippen molar-refractivity contribution in [3.05, 3.63) is 90.5 Å². The van der Waals surface area contributed by atoms with Crippen molar-refractivity contribution in [2.45, 2.75) is 9.79 Å². The Bertz CT molecular complexity index is 1480. The van der Waals surface area contributed by atoms with Gasteiger partial charge < -0.3 is 10.1 Å². The summed E-state index contributed by atoms with van der Waals surface area (Å²) < 4.78 is 59.3. The molecule has 1 fully saturated rings. The van der Waals surface area contributed by atoms with Crippen LogP contribution in [0.15, 0.2) is 94.7 Å². The Kier molecular flexibility index (Phi) is 8.08. The molecule has 4 rings (SSSR count). The van der Waals surface area contributed by atoms with E-state index in [4.69, 9.17) is 4.74 Å². The largest absolute Gasteiger partial charge is 0.379 e. The molecule has 3 aromatic carbocycles. The van der Waals surface area contributed by atoms with E-state index in [0.717, 1.165) is 0 Å². The minimum absolute atomic E-state index is 0.0395. The van der Waals surface area contributed by atoms with Crippen molar-refractivity contribution in [3.8, 4) is 0 Å². The standard InChI is InChI=1S/C26H27N3O6S2/c1-28(23-7-3-2-4-8-23)36(31,32)25-9-5-6-22(20-25)27-26(30)15-12-21-10-13-24(14-11-21)37(33,34)29-16-18-35-19-17-29/h2-15,20H,16-19H2,1H3,(H,27,30). The summed E-state index contributed by atoms with van der Waals surface area (Å²) in [6.07, 6.45) is 2.84. The van der Waals surface area contributed by atoms with Crippen LogP contribution in [-0.2, 0) is 29.6 Å². The first-order chi connectivity index (χ1) is 17.7. The molecule has 0 atom stereocenters. The molecule has 0 radical (unpaired) electrons.